The maximum atomic E-state index is 12.0. The number of carbonyl (C=O) groups excluding carboxylic acids is 1. The third kappa shape index (κ3) is 4.49. The van der Waals surface area contributed by atoms with E-state index in [9.17, 15) is 9.36 Å². The van der Waals surface area contributed by atoms with Crippen LogP contribution < -0.4 is 5.09 Å². The number of hydrogen-bond acceptors (Lipinski definition) is 3. The van der Waals surface area contributed by atoms with Gasteiger partial charge in [0.2, 0.25) is 6.41 Å². The maximum Gasteiger partial charge on any atom is 0.294 e. The topological polar surface area (TPSA) is 49.4 Å². The van der Waals surface area contributed by atoms with E-state index in [1.54, 1.807) is 7.05 Å². The summed E-state index contributed by atoms with van der Waals surface area (Å²) >= 11 is 1.32. The molecule has 0 saturated heterocycles. The Hall–Kier alpha value is 0.0100. The Bertz CT molecular complexity index is 223. The molecule has 14 heavy (non-hydrogen) atoms. The van der Waals surface area contributed by atoms with Crippen molar-refractivity contribution < 1.29 is 9.36 Å². The zero-order chi connectivity index (χ0) is 11.2. The average Bonchev–Trinajstić information content (AvgIpc) is 2.15. The molecule has 0 aromatic rings. The minimum atomic E-state index is -2.72. The van der Waals surface area contributed by atoms with E-state index in [-0.39, 0.29) is 0 Å². The highest BCUT2D eigenvalue weighted by atomic mass is 32.7. The van der Waals surface area contributed by atoms with E-state index < -0.39 is 6.65 Å². The number of hydrogen-bond donors (Lipinski definition) is 1. The minimum Gasteiger partial charge on any atom is -0.279 e. The number of rotatable bonds is 7. The van der Waals surface area contributed by atoms with Crippen LogP contribution in [0, 0.1) is 5.92 Å². The predicted octanol–water partition coefficient (Wildman–Crippen LogP) is 2.18. The molecule has 4 nitrogen and oxygen atoms in total. The first-order valence-electron chi connectivity index (χ1n) is 4.58. The molecule has 1 amide bonds. The number of amides is 1. The van der Waals surface area contributed by atoms with Gasteiger partial charge in [-0.1, -0.05) is 25.2 Å². The van der Waals surface area contributed by atoms with E-state index in [4.69, 9.17) is 0 Å². The predicted molar refractivity (Wildman–Crippen MR) is 62.4 cm³/mol. The molecule has 84 valence electrons. The molecular weight excluding hydrogens is 219 g/mol. The van der Waals surface area contributed by atoms with Crippen molar-refractivity contribution in [2.24, 2.45) is 5.92 Å². The molecule has 0 aromatic carbocycles. The summed E-state index contributed by atoms with van der Waals surface area (Å²) in [4.78, 5) is 10.5. The quantitative estimate of drug-likeness (QED) is 0.545. The summed E-state index contributed by atoms with van der Waals surface area (Å²) in [5, 5.41) is 2.72. The Kier molecular flexibility index (Phi) is 6.49. The summed E-state index contributed by atoms with van der Waals surface area (Å²) < 4.78 is 13.3. The van der Waals surface area contributed by atoms with Gasteiger partial charge >= 0.3 is 0 Å². The zero-order valence-electron chi connectivity index (χ0n) is 9.19. The number of nitrogens with one attached hydrogen (secondary N) is 1. The lowest BCUT2D eigenvalue weighted by atomic mass is 10.2. The molecule has 1 atom stereocenters. The first-order valence-corrected chi connectivity index (χ1v) is 7.83. The van der Waals surface area contributed by atoms with Crippen molar-refractivity contribution in [3.63, 3.8) is 0 Å². The maximum absolute atomic E-state index is 12.0. The van der Waals surface area contributed by atoms with Gasteiger partial charge in [0, 0.05) is 12.8 Å². The Labute approximate surface area is 90.0 Å². The summed E-state index contributed by atoms with van der Waals surface area (Å²) in [6, 6.07) is 0. The molecule has 0 saturated carbocycles. The summed E-state index contributed by atoms with van der Waals surface area (Å²) in [6.07, 6.45) is 1.60. The van der Waals surface area contributed by atoms with Gasteiger partial charge in [-0.05, 0) is 19.4 Å². The van der Waals surface area contributed by atoms with Crippen LogP contribution in [-0.2, 0) is 9.36 Å². The van der Waals surface area contributed by atoms with Crippen molar-refractivity contribution in [2.45, 2.75) is 20.3 Å². The average molecular weight is 238 g/mol. The highest BCUT2D eigenvalue weighted by Crippen LogP contribution is 2.56. The third-order valence-corrected chi connectivity index (χ3v) is 6.99. The van der Waals surface area contributed by atoms with Crippen LogP contribution in [0.25, 0.3) is 0 Å². The second kappa shape index (κ2) is 6.49. The SMILES string of the molecule is CNP(=O)(SCCC(C)C)N(C)C=O. The summed E-state index contributed by atoms with van der Waals surface area (Å²) in [5.41, 5.74) is 0. The zero-order valence-corrected chi connectivity index (χ0v) is 10.9. The largest absolute Gasteiger partial charge is 0.294 e. The lowest BCUT2D eigenvalue weighted by Gasteiger charge is -2.23. The second-order valence-electron chi connectivity index (χ2n) is 3.44. The Morgan fingerprint density at radius 2 is 2.14 bits per heavy atom. The van der Waals surface area contributed by atoms with Gasteiger partial charge in [-0.25, -0.2) is 5.09 Å². The van der Waals surface area contributed by atoms with Crippen molar-refractivity contribution in [1.82, 2.24) is 9.76 Å². The smallest absolute Gasteiger partial charge is 0.279 e. The molecule has 0 heterocycles. The van der Waals surface area contributed by atoms with Crippen molar-refractivity contribution in [3.8, 4) is 0 Å². The second-order valence-corrected chi connectivity index (χ2v) is 8.48. The van der Waals surface area contributed by atoms with Crippen LogP contribution in [-0.4, -0.2) is 30.9 Å². The molecule has 0 spiro atoms. The van der Waals surface area contributed by atoms with Gasteiger partial charge in [0.15, 0.2) is 0 Å². The standard InChI is InChI=1S/C8H19N2O2PS/c1-8(2)5-6-14-13(12,9-3)10(4)7-11/h7-8H,5-6H2,1-4H3,(H,9,12). The summed E-state index contributed by atoms with van der Waals surface area (Å²) in [5.74, 6) is 1.39. The van der Waals surface area contributed by atoms with Crippen LogP contribution in [0.4, 0.5) is 0 Å². The normalized spacial score (nSPS) is 15.2. The van der Waals surface area contributed by atoms with E-state index in [1.165, 1.54) is 23.1 Å². The van der Waals surface area contributed by atoms with Crippen LogP contribution in [0.5, 0.6) is 0 Å². The molecular formula is C8H19N2O2PS. The molecule has 0 rings (SSSR count). The first kappa shape index (κ1) is 14.0. The molecule has 0 fully saturated rings. The van der Waals surface area contributed by atoms with E-state index in [0.29, 0.717) is 12.3 Å². The minimum absolute atomic E-state index is 0.592. The van der Waals surface area contributed by atoms with E-state index in [1.807, 2.05) is 0 Å². The van der Waals surface area contributed by atoms with E-state index in [0.717, 1.165) is 12.2 Å². The highest BCUT2D eigenvalue weighted by molar-refractivity contribution is 8.56. The Balaban J connectivity index is 4.13. The lowest BCUT2D eigenvalue weighted by Crippen LogP contribution is -2.19. The van der Waals surface area contributed by atoms with E-state index >= 15 is 0 Å². The molecule has 0 aromatic heterocycles. The van der Waals surface area contributed by atoms with Crippen molar-refractivity contribution in [3.05, 3.63) is 0 Å². The Morgan fingerprint density at radius 1 is 1.57 bits per heavy atom. The molecule has 0 aliphatic carbocycles. The molecule has 1 unspecified atom stereocenters. The first-order chi connectivity index (χ1) is 6.46. The molecule has 0 aliphatic rings. The number of carbonyl (C=O) groups is 1. The molecule has 6 heteroatoms. The Morgan fingerprint density at radius 3 is 2.50 bits per heavy atom. The fourth-order valence-electron chi connectivity index (χ4n) is 0.788. The molecule has 1 N–H and O–H groups in total. The van der Waals surface area contributed by atoms with Crippen LogP contribution in [0.1, 0.15) is 20.3 Å². The monoisotopic (exact) mass is 238 g/mol. The molecule has 0 aliphatic heterocycles. The lowest BCUT2D eigenvalue weighted by molar-refractivity contribution is -0.113. The van der Waals surface area contributed by atoms with Gasteiger partial charge in [-0.15, -0.1) is 0 Å². The molecule has 0 radical (unpaired) electrons. The van der Waals surface area contributed by atoms with Crippen LogP contribution in [0.3, 0.4) is 0 Å². The van der Waals surface area contributed by atoms with Crippen LogP contribution >= 0.6 is 18.0 Å². The fourth-order valence-corrected chi connectivity index (χ4v) is 4.47. The van der Waals surface area contributed by atoms with Gasteiger partial charge in [0.25, 0.3) is 6.65 Å². The van der Waals surface area contributed by atoms with Gasteiger partial charge in [-0.2, -0.15) is 0 Å². The van der Waals surface area contributed by atoms with Crippen LogP contribution in [0.2, 0.25) is 0 Å². The van der Waals surface area contributed by atoms with Gasteiger partial charge in [0.1, 0.15) is 0 Å². The van der Waals surface area contributed by atoms with Gasteiger partial charge in [0.05, 0.1) is 0 Å². The summed E-state index contributed by atoms with van der Waals surface area (Å²) in [6.45, 7) is 1.52. The van der Waals surface area contributed by atoms with Crippen molar-refractivity contribution >= 4 is 24.4 Å². The fraction of sp³-hybridized carbons (Fsp3) is 0.875. The van der Waals surface area contributed by atoms with Crippen molar-refractivity contribution in [1.29, 1.82) is 0 Å². The van der Waals surface area contributed by atoms with E-state index in [2.05, 4.69) is 18.9 Å². The van der Waals surface area contributed by atoms with Crippen molar-refractivity contribution in [2.75, 3.05) is 19.8 Å². The molecule has 0 bridgehead atoms. The highest BCUT2D eigenvalue weighted by Gasteiger charge is 2.24. The summed E-state index contributed by atoms with van der Waals surface area (Å²) in [7, 11) is 3.15. The van der Waals surface area contributed by atoms with Crippen LogP contribution in [0.15, 0.2) is 0 Å². The van der Waals surface area contributed by atoms with Gasteiger partial charge < -0.3 is 0 Å². The third-order valence-electron chi connectivity index (χ3n) is 1.81. The van der Waals surface area contributed by atoms with Gasteiger partial charge in [-0.3, -0.25) is 14.0 Å². The number of nitrogens with zero attached hydrogens (tertiary/aromatic N) is 1.